The van der Waals surface area contributed by atoms with Crippen LogP contribution in [0.1, 0.15) is 34.1 Å². The van der Waals surface area contributed by atoms with Crippen LogP contribution in [0, 0.1) is 0 Å². The van der Waals surface area contributed by atoms with E-state index in [4.69, 9.17) is 11.6 Å². The van der Waals surface area contributed by atoms with E-state index in [1.54, 1.807) is 6.07 Å². The van der Waals surface area contributed by atoms with Gasteiger partial charge in [-0.1, -0.05) is 35.9 Å². The highest BCUT2D eigenvalue weighted by Crippen LogP contribution is 2.25. The van der Waals surface area contributed by atoms with Crippen LogP contribution in [-0.2, 0) is 4.79 Å². The summed E-state index contributed by atoms with van der Waals surface area (Å²) in [4.78, 5) is 26.7. The number of carbonyl (C=O) groups excluding carboxylic acids is 2. The second-order valence-corrected chi connectivity index (χ2v) is 7.06. The van der Waals surface area contributed by atoms with E-state index in [9.17, 15) is 9.59 Å². The molecule has 0 aliphatic carbocycles. The lowest BCUT2D eigenvalue weighted by Gasteiger charge is -2.26. The molecule has 1 aromatic heterocycles. The molecule has 1 aromatic carbocycles. The number of hydrogen-bond donors (Lipinski definition) is 1. The maximum Gasteiger partial charge on any atom is 0.220 e. The Labute approximate surface area is 151 Å². The van der Waals surface area contributed by atoms with Crippen LogP contribution >= 0.6 is 22.9 Å². The SMILES string of the molecule is CN(C)C(CNC(=O)CCC(=O)c1cccs1)c1ccccc1Cl. The molecule has 6 heteroatoms. The summed E-state index contributed by atoms with van der Waals surface area (Å²) < 4.78 is 0. The van der Waals surface area contributed by atoms with Gasteiger partial charge in [0.25, 0.3) is 0 Å². The van der Waals surface area contributed by atoms with E-state index in [1.807, 2.05) is 54.7 Å². The molecule has 1 unspecified atom stereocenters. The number of likely N-dealkylation sites (N-methyl/N-ethyl adjacent to an activating group) is 1. The fourth-order valence-electron chi connectivity index (χ4n) is 2.40. The first kappa shape index (κ1) is 18.6. The van der Waals surface area contributed by atoms with Crippen molar-refractivity contribution in [3.63, 3.8) is 0 Å². The Morgan fingerprint density at radius 3 is 2.54 bits per heavy atom. The third kappa shape index (κ3) is 5.16. The summed E-state index contributed by atoms with van der Waals surface area (Å²) in [5, 5.41) is 5.44. The number of hydrogen-bond acceptors (Lipinski definition) is 4. The Bertz CT molecular complexity index is 686. The van der Waals surface area contributed by atoms with Gasteiger partial charge in [0.15, 0.2) is 5.78 Å². The highest BCUT2D eigenvalue weighted by Gasteiger charge is 2.18. The number of thiophene rings is 1. The average Bonchev–Trinajstić information content (AvgIpc) is 3.08. The second-order valence-electron chi connectivity index (χ2n) is 5.71. The molecule has 4 nitrogen and oxygen atoms in total. The number of nitrogens with zero attached hydrogens (tertiary/aromatic N) is 1. The van der Waals surface area contributed by atoms with Crippen molar-refractivity contribution in [2.24, 2.45) is 0 Å². The summed E-state index contributed by atoms with van der Waals surface area (Å²) in [7, 11) is 3.89. The van der Waals surface area contributed by atoms with Crippen molar-refractivity contribution in [2.75, 3.05) is 20.6 Å². The third-order valence-corrected chi connectivity index (χ3v) is 5.01. The molecule has 0 radical (unpaired) electrons. The first-order chi connectivity index (χ1) is 11.5. The van der Waals surface area contributed by atoms with Crippen LogP contribution in [0.3, 0.4) is 0 Å². The molecule has 0 aliphatic rings. The number of nitrogens with one attached hydrogen (secondary N) is 1. The zero-order valence-corrected chi connectivity index (χ0v) is 15.4. The minimum absolute atomic E-state index is 0.00964. The number of amides is 1. The molecule has 0 saturated carbocycles. The molecule has 24 heavy (non-hydrogen) atoms. The quantitative estimate of drug-likeness (QED) is 0.725. The number of carbonyl (C=O) groups is 2. The zero-order valence-electron chi connectivity index (χ0n) is 13.8. The normalized spacial score (nSPS) is 12.2. The molecule has 0 bridgehead atoms. The summed E-state index contributed by atoms with van der Waals surface area (Å²) in [6.07, 6.45) is 0.421. The lowest BCUT2D eigenvalue weighted by Crippen LogP contribution is -2.34. The third-order valence-electron chi connectivity index (χ3n) is 3.76. The van der Waals surface area contributed by atoms with Crippen LogP contribution in [0.4, 0.5) is 0 Å². The lowest BCUT2D eigenvalue weighted by atomic mass is 10.1. The Morgan fingerprint density at radius 2 is 1.92 bits per heavy atom. The standard InChI is InChI=1S/C18H21ClN2O2S/c1-21(2)15(13-6-3-4-7-14(13)19)12-20-18(23)10-9-16(22)17-8-5-11-24-17/h3-8,11,15H,9-10,12H2,1-2H3,(H,20,23). The Kier molecular flexibility index (Phi) is 6.97. The Hall–Kier alpha value is -1.69. The molecular weight excluding hydrogens is 344 g/mol. The van der Waals surface area contributed by atoms with Crippen LogP contribution in [0.5, 0.6) is 0 Å². The molecule has 2 aromatic rings. The predicted molar refractivity (Wildman–Crippen MR) is 98.8 cm³/mol. The Balaban J connectivity index is 1.87. The van der Waals surface area contributed by atoms with E-state index in [2.05, 4.69) is 5.32 Å². The highest BCUT2D eigenvalue weighted by molar-refractivity contribution is 7.12. The van der Waals surface area contributed by atoms with Gasteiger partial charge in [0, 0.05) is 24.4 Å². The maximum atomic E-state index is 12.0. The van der Waals surface area contributed by atoms with E-state index in [0.717, 1.165) is 5.56 Å². The second kappa shape index (κ2) is 8.97. The number of rotatable bonds is 8. The smallest absolute Gasteiger partial charge is 0.220 e. The minimum atomic E-state index is -0.126. The van der Waals surface area contributed by atoms with Crippen LogP contribution in [0.15, 0.2) is 41.8 Å². The summed E-state index contributed by atoms with van der Waals surface area (Å²) in [6.45, 7) is 0.447. The molecule has 0 saturated heterocycles. The van der Waals surface area contributed by atoms with E-state index in [1.165, 1.54) is 11.3 Å². The van der Waals surface area contributed by atoms with Gasteiger partial charge in [-0.3, -0.25) is 9.59 Å². The topological polar surface area (TPSA) is 49.4 Å². The van der Waals surface area contributed by atoms with Crippen molar-refractivity contribution in [3.05, 3.63) is 57.2 Å². The number of halogens is 1. The molecule has 128 valence electrons. The largest absolute Gasteiger partial charge is 0.354 e. The van der Waals surface area contributed by atoms with E-state index >= 15 is 0 Å². The van der Waals surface area contributed by atoms with Gasteiger partial charge in [-0.2, -0.15) is 0 Å². The molecule has 1 atom stereocenters. The predicted octanol–water partition coefficient (Wildman–Crippen LogP) is 3.78. The van der Waals surface area contributed by atoms with Crippen molar-refractivity contribution in [3.8, 4) is 0 Å². The van der Waals surface area contributed by atoms with Crippen LogP contribution < -0.4 is 5.32 Å². The number of ketones is 1. The minimum Gasteiger partial charge on any atom is -0.354 e. The molecule has 1 amide bonds. The first-order valence-electron chi connectivity index (χ1n) is 7.73. The van der Waals surface area contributed by atoms with Crippen molar-refractivity contribution >= 4 is 34.6 Å². The molecule has 0 spiro atoms. The van der Waals surface area contributed by atoms with Gasteiger partial charge < -0.3 is 10.2 Å². The fourth-order valence-corrected chi connectivity index (χ4v) is 3.36. The van der Waals surface area contributed by atoms with Crippen molar-refractivity contribution in [2.45, 2.75) is 18.9 Å². The van der Waals surface area contributed by atoms with Gasteiger partial charge in [0.1, 0.15) is 0 Å². The number of benzene rings is 1. The van der Waals surface area contributed by atoms with Crippen LogP contribution in [-0.4, -0.2) is 37.2 Å². The maximum absolute atomic E-state index is 12.0. The van der Waals surface area contributed by atoms with Crippen LogP contribution in [0.2, 0.25) is 5.02 Å². The summed E-state index contributed by atoms with van der Waals surface area (Å²) >= 11 is 7.66. The van der Waals surface area contributed by atoms with E-state index < -0.39 is 0 Å². The molecule has 1 N–H and O–H groups in total. The van der Waals surface area contributed by atoms with Gasteiger partial charge >= 0.3 is 0 Å². The summed E-state index contributed by atoms with van der Waals surface area (Å²) in [5.74, 6) is -0.116. The van der Waals surface area contributed by atoms with Crippen molar-refractivity contribution < 1.29 is 9.59 Å². The fraction of sp³-hybridized carbons (Fsp3) is 0.333. The van der Waals surface area contributed by atoms with Gasteiger partial charge in [0.05, 0.1) is 10.9 Å². The molecule has 1 heterocycles. The zero-order chi connectivity index (χ0) is 17.5. The summed E-state index contributed by atoms with van der Waals surface area (Å²) in [6, 6.07) is 11.2. The number of Topliss-reactive ketones (excluding diaryl/α,β-unsaturated/α-hetero) is 1. The summed E-state index contributed by atoms with van der Waals surface area (Å²) in [5.41, 5.74) is 0.971. The van der Waals surface area contributed by atoms with Crippen molar-refractivity contribution in [1.29, 1.82) is 0 Å². The molecule has 2 rings (SSSR count). The lowest BCUT2D eigenvalue weighted by molar-refractivity contribution is -0.121. The van der Waals surface area contributed by atoms with Gasteiger partial charge in [-0.05, 0) is 37.2 Å². The molecule has 0 aliphatic heterocycles. The van der Waals surface area contributed by atoms with E-state index in [0.29, 0.717) is 16.4 Å². The van der Waals surface area contributed by atoms with E-state index in [-0.39, 0.29) is 30.6 Å². The molecular formula is C18H21ClN2O2S. The van der Waals surface area contributed by atoms with Crippen LogP contribution in [0.25, 0.3) is 0 Å². The van der Waals surface area contributed by atoms with Crippen molar-refractivity contribution in [1.82, 2.24) is 10.2 Å². The Morgan fingerprint density at radius 1 is 1.17 bits per heavy atom. The highest BCUT2D eigenvalue weighted by atomic mass is 35.5. The van der Waals surface area contributed by atoms with Gasteiger partial charge in [-0.15, -0.1) is 11.3 Å². The monoisotopic (exact) mass is 364 g/mol. The van der Waals surface area contributed by atoms with Gasteiger partial charge in [-0.25, -0.2) is 0 Å². The van der Waals surface area contributed by atoms with Gasteiger partial charge in [0.2, 0.25) is 5.91 Å². The molecule has 0 fully saturated rings. The first-order valence-corrected chi connectivity index (χ1v) is 8.99. The average molecular weight is 365 g/mol.